The zero-order valence-electron chi connectivity index (χ0n) is 24.6. The number of aliphatic hydroxyl groups is 1. The number of carbonyl (C=O) groups excluding carboxylic acids is 2. The maximum absolute atomic E-state index is 14.0. The second-order valence-electron chi connectivity index (χ2n) is 10.4. The molecular formula is C30H34F3N3O8. The van der Waals surface area contributed by atoms with Gasteiger partial charge in [-0.15, -0.1) is 0 Å². The summed E-state index contributed by atoms with van der Waals surface area (Å²) in [4.78, 5) is 40.3. The fourth-order valence-electron chi connectivity index (χ4n) is 4.65. The number of hydrogen-bond donors (Lipinski definition) is 2. The Morgan fingerprint density at radius 1 is 1.16 bits per heavy atom. The minimum Gasteiger partial charge on any atom is -0.491 e. The van der Waals surface area contributed by atoms with Gasteiger partial charge in [-0.25, -0.2) is 4.79 Å². The van der Waals surface area contributed by atoms with Crippen molar-refractivity contribution in [3.05, 3.63) is 81.0 Å². The molecule has 3 atom stereocenters. The molecule has 3 rings (SSSR count). The lowest BCUT2D eigenvalue weighted by molar-refractivity contribution is -0.384. The Morgan fingerprint density at radius 3 is 2.43 bits per heavy atom. The van der Waals surface area contributed by atoms with E-state index in [1.54, 1.807) is 24.3 Å². The predicted octanol–water partition coefficient (Wildman–Crippen LogP) is 4.28. The van der Waals surface area contributed by atoms with Crippen molar-refractivity contribution < 1.29 is 47.0 Å². The van der Waals surface area contributed by atoms with Crippen molar-refractivity contribution in [3.63, 3.8) is 0 Å². The quantitative estimate of drug-likeness (QED) is 0.190. The van der Waals surface area contributed by atoms with Gasteiger partial charge in [0.1, 0.15) is 30.1 Å². The molecule has 3 unspecified atom stereocenters. The number of aliphatic imine (C=N–C) groups is 1. The number of nitrogens with one attached hydrogen (secondary N) is 1. The van der Waals surface area contributed by atoms with E-state index in [0.29, 0.717) is 12.3 Å². The number of methoxy groups -OCH3 is 1. The van der Waals surface area contributed by atoms with E-state index in [1.165, 1.54) is 19.1 Å². The maximum Gasteiger partial charge on any atom is 0.430 e. The molecule has 238 valence electrons. The summed E-state index contributed by atoms with van der Waals surface area (Å²) in [7, 11) is 0.895. The molecule has 0 bridgehead atoms. The van der Waals surface area contributed by atoms with E-state index >= 15 is 0 Å². The zero-order valence-corrected chi connectivity index (χ0v) is 24.6. The van der Waals surface area contributed by atoms with Crippen LogP contribution in [0.4, 0.5) is 18.9 Å². The molecule has 0 saturated heterocycles. The van der Waals surface area contributed by atoms with Crippen LogP contribution < -0.4 is 10.1 Å². The third-order valence-corrected chi connectivity index (χ3v) is 6.77. The van der Waals surface area contributed by atoms with Crippen LogP contribution in [0.2, 0.25) is 0 Å². The third-order valence-electron chi connectivity index (χ3n) is 6.77. The molecule has 0 saturated carbocycles. The van der Waals surface area contributed by atoms with Crippen LogP contribution in [0.1, 0.15) is 37.8 Å². The van der Waals surface area contributed by atoms with Crippen LogP contribution in [0.25, 0.3) is 0 Å². The molecule has 0 radical (unpaired) electrons. The molecule has 2 N–H and O–H groups in total. The number of halogens is 3. The average molecular weight is 622 g/mol. The number of nitro groups is 1. The molecule has 14 heteroatoms. The number of hydrogen-bond acceptors (Lipinski definition) is 10. The van der Waals surface area contributed by atoms with Gasteiger partial charge in [-0.3, -0.25) is 19.9 Å². The first kappa shape index (κ1) is 34.2. The molecule has 44 heavy (non-hydrogen) atoms. The summed E-state index contributed by atoms with van der Waals surface area (Å²) in [6.45, 7) is 5.39. The standard InChI is InChI=1S/C30H34F3N3O8/c1-17(2)34-15-22(37)16-44-23-10-8-19(9-11-23)12-13-43-29(39)24-18(3)35-27(30(31,32)33)26(28(38)42-4)25(24)20-6-5-7-21(14-20)36(40)41/h5-11,14,17,22,25-26,34,37H,12-13,15-16H2,1-4H3. The van der Waals surface area contributed by atoms with E-state index in [-0.39, 0.29) is 42.5 Å². The number of nitro benzene ring substituents is 1. The van der Waals surface area contributed by atoms with Crippen LogP contribution in [0.5, 0.6) is 5.75 Å². The minimum atomic E-state index is -5.06. The maximum atomic E-state index is 14.0. The van der Waals surface area contributed by atoms with Crippen molar-refractivity contribution in [2.75, 3.05) is 26.9 Å². The highest BCUT2D eigenvalue weighted by molar-refractivity contribution is 6.10. The van der Waals surface area contributed by atoms with Crippen LogP contribution in [-0.4, -0.2) is 72.9 Å². The highest BCUT2D eigenvalue weighted by Crippen LogP contribution is 2.44. The van der Waals surface area contributed by atoms with Crippen molar-refractivity contribution in [2.45, 2.75) is 51.4 Å². The first-order chi connectivity index (χ1) is 20.7. The smallest absolute Gasteiger partial charge is 0.430 e. The summed E-state index contributed by atoms with van der Waals surface area (Å²) in [5, 5.41) is 24.5. The Hall–Kier alpha value is -4.30. The molecule has 1 aliphatic rings. The number of benzene rings is 2. The summed E-state index contributed by atoms with van der Waals surface area (Å²) in [6, 6.07) is 11.7. The van der Waals surface area contributed by atoms with Crippen molar-refractivity contribution in [1.82, 2.24) is 5.32 Å². The summed E-state index contributed by atoms with van der Waals surface area (Å²) in [5.41, 5.74) is -1.95. The Morgan fingerprint density at radius 2 is 1.84 bits per heavy atom. The van der Waals surface area contributed by atoms with Gasteiger partial charge in [-0.2, -0.15) is 13.2 Å². The van der Waals surface area contributed by atoms with Crippen LogP contribution in [0.15, 0.2) is 64.8 Å². The fourth-order valence-corrected chi connectivity index (χ4v) is 4.65. The number of ether oxygens (including phenoxy) is 3. The summed E-state index contributed by atoms with van der Waals surface area (Å²) in [5.74, 6) is -5.56. The molecule has 0 amide bonds. The second-order valence-corrected chi connectivity index (χ2v) is 10.4. The predicted molar refractivity (Wildman–Crippen MR) is 153 cm³/mol. The van der Waals surface area contributed by atoms with Gasteiger partial charge in [-0.05, 0) is 30.2 Å². The van der Waals surface area contributed by atoms with Gasteiger partial charge in [0.25, 0.3) is 5.69 Å². The summed E-state index contributed by atoms with van der Waals surface area (Å²) < 4.78 is 57.8. The Bertz CT molecular complexity index is 1410. The van der Waals surface area contributed by atoms with Gasteiger partial charge in [0.2, 0.25) is 0 Å². The molecule has 0 aliphatic carbocycles. The Labute approximate surface area is 251 Å². The van der Waals surface area contributed by atoms with Crippen molar-refractivity contribution >= 4 is 23.3 Å². The van der Waals surface area contributed by atoms with Gasteiger partial charge in [0, 0.05) is 42.8 Å². The summed E-state index contributed by atoms with van der Waals surface area (Å²) >= 11 is 0. The number of esters is 2. The molecule has 2 aromatic rings. The lowest BCUT2D eigenvalue weighted by atomic mass is 9.75. The van der Waals surface area contributed by atoms with Crippen LogP contribution in [-0.2, 0) is 25.5 Å². The second kappa shape index (κ2) is 14.9. The minimum absolute atomic E-state index is 0.0850. The third kappa shape index (κ3) is 8.86. The highest BCUT2D eigenvalue weighted by atomic mass is 19.4. The topological polar surface area (TPSA) is 150 Å². The SMILES string of the molecule is COC(=O)C1C(C(F)(F)F)=NC(C)=C(C(=O)OCCc2ccc(OCC(O)CNC(C)C)cc2)C1c1cccc([N+](=O)[O-])c1. The number of aliphatic hydroxyl groups excluding tert-OH is 1. The van der Waals surface area contributed by atoms with Gasteiger partial charge in [-0.1, -0.05) is 38.1 Å². The zero-order chi connectivity index (χ0) is 32.6. The number of non-ortho nitro benzene ring substituents is 1. The van der Waals surface area contributed by atoms with E-state index in [9.17, 15) is 38.0 Å². The van der Waals surface area contributed by atoms with E-state index in [0.717, 1.165) is 24.8 Å². The number of allylic oxidation sites excluding steroid dienone is 1. The molecule has 0 spiro atoms. The summed E-state index contributed by atoms with van der Waals surface area (Å²) in [6.07, 6.45) is -5.53. The van der Waals surface area contributed by atoms with Crippen LogP contribution >= 0.6 is 0 Å². The van der Waals surface area contributed by atoms with E-state index in [2.05, 4.69) is 15.0 Å². The fraction of sp³-hybridized carbons (Fsp3) is 0.433. The lowest BCUT2D eigenvalue weighted by Crippen LogP contribution is -2.43. The Balaban J connectivity index is 1.80. The number of nitrogens with zero attached hydrogens (tertiary/aromatic N) is 2. The van der Waals surface area contributed by atoms with E-state index in [1.807, 2.05) is 13.8 Å². The first-order valence-corrected chi connectivity index (χ1v) is 13.7. The van der Waals surface area contributed by atoms with Gasteiger partial charge < -0.3 is 24.6 Å². The van der Waals surface area contributed by atoms with Crippen molar-refractivity contribution in [1.29, 1.82) is 0 Å². The average Bonchev–Trinajstić information content (AvgIpc) is 2.98. The van der Waals surface area contributed by atoms with Crippen molar-refractivity contribution in [3.8, 4) is 5.75 Å². The molecular weight excluding hydrogens is 587 g/mol. The van der Waals surface area contributed by atoms with E-state index < -0.39 is 52.4 Å². The molecule has 0 aromatic heterocycles. The monoisotopic (exact) mass is 621 g/mol. The molecule has 1 aliphatic heterocycles. The number of rotatable bonds is 13. The highest BCUT2D eigenvalue weighted by Gasteiger charge is 2.52. The van der Waals surface area contributed by atoms with Crippen LogP contribution in [0, 0.1) is 16.0 Å². The number of carbonyl (C=O) groups is 2. The molecule has 0 fully saturated rings. The Kier molecular flexibility index (Phi) is 11.6. The van der Waals surface area contributed by atoms with Gasteiger partial charge in [0.05, 0.1) is 24.2 Å². The van der Waals surface area contributed by atoms with Crippen molar-refractivity contribution in [2.24, 2.45) is 10.9 Å². The van der Waals surface area contributed by atoms with Crippen LogP contribution in [0.3, 0.4) is 0 Å². The number of alkyl halides is 3. The molecule has 2 aromatic carbocycles. The normalized spacial score (nSPS) is 17.6. The molecule has 11 nitrogen and oxygen atoms in total. The molecule has 1 heterocycles. The van der Waals surface area contributed by atoms with E-state index in [4.69, 9.17) is 9.47 Å². The lowest BCUT2D eigenvalue weighted by Gasteiger charge is -2.32. The van der Waals surface area contributed by atoms with Gasteiger partial charge >= 0.3 is 18.1 Å². The van der Waals surface area contributed by atoms with Gasteiger partial charge in [0.15, 0.2) is 0 Å². The first-order valence-electron chi connectivity index (χ1n) is 13.7. The largest absolute Gasteiger partial charge is 0.491 e.